The maximum atomic E-state index is 12.7. The van der Waals surface area contributed by atoms with E-state index < -0.39 is 23.0 Å². The van der Waals surface area contributed by atoms with Gasteiger partial charge in [-0.05, 0) is 35.9 Å². The van der Waals surface area contributed by atoms with Crippen LogP contribution in [0.5, 0.6) is 0 Å². The summed E-state index contributed by atoms with van der Waals surface area (Å²) >= 11 is 0.948. The van der Waals surface area contributed by atoms with Gasteiger partial charge in [0.25, 0.3) is 0 Å². The fourth-order valence-corrected chi connectivity index (χ4v) is 3.74. The van der Waals surface area contributed by atoms with E-state index in [0.29, 0.717) is 0 Å². The first kappa shape index (κ1) is 22.0. The number of anilines is 2. The number of carbonyl (C=O) groups excluding carboxylic acids is 2. The number of carbonyl (C=O) groups is 3. The van der Waals surface area contributed by atoms with Gasteiger partial charge in [0.1, 0.15) is 5.25 Å². The third-order valence-corrected chi connectivity index (χ3v) is 5.47. The van der Waals surface area contributed by atoms with Crippen molar-refractivity contribution in [2.24, 2.45) is 15.9 Å². The molecule has 0 aromatic heterocycles. The molecule has 3 N–H and O–H groups in total. The second-order valence-electron chi connectivity index (χ2n) is 6.90. The number of benzene rings is 2. The molecule has 31 heavy (non-hydrogen) atoms. The largest absolute Gasteiger partial charge is 0.478 e. The summed E-state index contributed by atoms with van der Waals surface area (Å²) in [7, 11) is 3.90. The first-order valence-corrected chi connectivity index (χ1v) is 10.1. The Morgan fingerprint density at radius 1 is 1.23 bits per heavy atom. The van der Waals surface area contributed by atoms with Gasteiger partial charge in [-0.15, -0.1) is 5.10 Å². The second kappa shape index (κ2) is 9.43. The summed E-state index contributed by atoms with van der Waals surface area (Å²) in [6, 6.07) is 13.3. The summed E-state index contributed by atoms with van der Waals surface area (Å²) in [6.07, 6.45) is 1.48. The van der Waals surface area contributed by atoms with E-state index in [4.69, 9.17) is 10.8 Å². The van der Waals surface area contributed by atoms with E-state index in [1.807, 2.05) is 43.3 Å². The molecule has 1 atom stereocenters. The Hall–Kier alpha value is -3.66. The molecule has 2 aromatic carbocycles. The van der Waals surface area contributed by atoms with Gasteiger partial charge in [0.15, 0.2) is 5.17 Å². The van der Waals surface area contributed by atoms with Crippen molar-refractivity contribution in [1.82, 2.24) is 0 Å². The summed E-state index contributed by atoms with van der Waals surface area (Å²) in [6.45, 7) is 0. The van der Waals surface area contributed by atoms with Crippen molar-refractivity contribution in [3.63, 3.8) is 0 Å². The van der Waals surface area contributed by atoms with Crippen molar-refractivity contribution >= 4 is 52.3 Å². The number of nitrogens with two attached hydrogens (primary N) is 1. The Balaban J connectivity index is 1.65. The van der Waals surface area contributed by atoms with Crippen LogP contribution in [0.25, 0.3) is 0 Å². The zero-order valence-electron chi connectivity index (χ0n) is 16.9. The third-order valence-electron chi connectivity index (χ3n) is 4.49. The van der Waals surface area contributed by atoms with Crippen LogP contribution in [-0.4, -0.2) is 53.6 Å². The van der Waals surface area contributed by atoms with E-state index in [9.17, 15) is 14.4 Å². The number of amidine groups is 1. The minimum Gasteiger partial charge on any atom is -0.478 e. The Morgan fingerprint density at radius 2 is 1.94 bits per heavy atom. The van der Waals surface area contributed by atoms with E-state index in [1.54, 1.807) is 0 Å². The standard InChI is InChI=1S/C21H21N5O4S/c1-25(2)15-8-6-13(7-9-15)12-23-24-21(22)31-17-11-18(27)26(19(17)28)16-5-3-4-14(10-16)20(29)30/h3-10,12,17H,11H2,1-2H3,(H2,22,24)(H,29,30). The van der Waals surface area contributed by atoms with E-state index in [0.717, 1.165) is 27.9 Å². The summed E-state index contributed by atoms with van der Waals surface area (Å²) in [5.41, 5.74) is 7.97. The van der Waals surface area contributed by atoms with Crippen molar-refractivity contribution < 1.29 is 19.5 Å². The van der Waals surface area contributed by atoms with Gasteiger partial charge in [-0.3, -0.25) is 9.59 Å². The minimum atomic E-state index is -1.14. The van der Waals surface area contributed by atoms with Gasteiger partial charge in [-0.25, -0.2) is 9.69 Å². The second-order valence-corrected chi connectivity index (χ2v) is 8.13. The predicted octanol–water partition coefficient (Wildman–Crippen LogP) is 2.16. The molecule has 0 bridgehead atoms. The molecule has 0 radical (unpaired) electrons. The molecule has 2 aromatic rings. The maximum Gasteiger partial charge on any atom is 0.335 e. The maximum absolute atomic E-state index is 12.7. The number of amides is 2. The summed E-state index contributed by atoms with van der Waals surface area (Å²) < 4.78 is 0. The molecule has 1 aliphatic heterocycles. The lowest BCUT2D eigenvalue weighted by molar-refractivity contribution is -0.121. The van der Waals surface area contributed by atoms with Crippen LogP contribution < -0.4 is 15.5 Å². The normalized spacial score (nSPS) is 16.9. The van der Waals surface area contributed by atoms with Gasteiger partial charge < -0.3 is 15.7 Å². The van der Waals surface area contributed by atoms with Gasteiger partial charge >= 0.3 is 5.97 Å². The summed E-state index contributed by atoms with van der Waals surface area (Å²) in [5.74, 6) is -2.04. The molecule has 1 fully saturated rings. The zero-order valence-corrected chi connectivity index (χ0v) is 17.7. The molecular formula is C21H21N5O4S. The fraction of sp³-hybridized carbons (Fsp3) is 0.190. The summed E-state index contributed by atoms with van der Waals surface area (Å²) in [4.78, 5) is 39.2. The molecular weight excluding hydrogens is 418 g/mol. The van der Waals surface area contributed by atoms with Gasteiger partial charge in [-0.2, -0.15) is 5.10 Å². The van der Waals surface area contributed by atoms with Crippen LogP contribution >= 0.6 is 11.8 Å². The number of carboxylic acid groups (broad SMARTS) is 1. The highest BCUT2D eigenvalue weighted by Crippen LogP contribution is 2.30. The fourth-order valence-electron chi connectivity index (χ4n) is 2.93. The monoisotopic (exact) mass is 439 g/mol. The number of hydrogen-bond acceptors (Lipinski definition) is 7. The Kier molecular flexibility index (Phi) is 6.71. The zero-order chi connectivity index (χ0) is 22.5. The van der Waals surface area contributed by atoms with Gasteiger partial charge in [0, 0.05) is 26.2 Å². The molecule has 2 amide bonds. The van der Waals surface area contributed by atoms with Crippen LogP contribution in [0.1, 0.15) is 22.3 Å². The van der Waals surface area contributed by atoms with E-state index in [2.05, 4.69) is 10.2 Å². The first-order chi connectivity index (χ1) is 14.8. The molecule has 10 heteroatoms. The lowest BCUT2D eigenvalue weighted by atomic mass is 10.2. The molecule has 1 heterocycles. The number of carboxylic acids is 1. The molecule has 0 spiro atoms. The van der Waals surface area contributed by atoms with Gasteiger partial charge in [-0.1, -0.05) is 30.0 Å². The smallest absolute Gasteiger partial charge is 0.335 e. The van der Waals surface area contributed by atoms with Crippen LogP contribution in [0.15, 0.2) is 58.7 Å². The van der Waals surface area contributed by atoms with E-state index >= 15 is 0 Å². The number of nitrogens with zero attached hydrogens (tertiary/aromatic N) is 4. The van der Waals surface area contributed by atoms with Gasteiger partial charge in [0.05, 0.1) is 17.5 Å². The molecule has 9 nitrogen and oxygen atoms in total. The van der Waals surface area contributed by atoms with Crippen molar-refractivity contribution in [2.45, 2.75) is 11.7 Å². The Morgan fingerprint density at radius 3 is 2.58 bits per heavy atom. The average Bonchev–Trinajstić information content (AvgIpc) is 3.01. The van der Waals surface area contributed by atoms with Crippen LogP contribution in [0.2, 0.25) is 0 Å². The van der Waals surface area contributed by atoms with Crippen molar-refractivity contribution in [1.29, 1.82) is 0 Å². The van der Waals surface area contributed by atoms with Crippen molar-refractivity contribution in [3.8, 4) is 0 Å². The predicted molar refractivity (Wildman–Crippen MR) is 122 cm³/mol. The lowest BCUT2D eigenvalue weighted by Crippen LogP contribution is -2.32. The topological polar surface area (TPSA) is 129 Å². The summed E-state index contributed by atoms with van der Waals surface area (Å²) in [5, 5.41) is 16.2. The number of imide groups is 1. The van der Waals surface area contributed by atoms with Crippen molar-refractivity contribution in [2.75, 3.05) is 23.9 Å². The number of thioether (sulfide) groups is 1. The Bertz CT molecular complexity index is 1070. The number of rotatable bonds is 6. The van der Waals surface area contributed by atoms with Crippen LogP contribution in [-0.2, 0) is 9.59 Å². The van der Waals surface area contributed by atoms with Crippen LogP contribution in [0, 0.1) is 0 Å². The first-order valence-electron chi connectivity index (χ1n) is 9.27. The van der Waals surface area contributed by atoms with E-state index in [1.165, 1.54) is 30.5 Å². The van der Waals surface area contributed by atoms with Crippen molar-refractivity contribution in [3.05, 3.63) is 59.7 Å². The molecule has 1 saturated heterocycles. The molecule has 0 saturated carbocycles. The molecule has 3 rings (SSSR count). The number of hydrogen-bond donors (Lipinski definition) is 2. The number of aromatic carboxylic acids is 1. The highest BCUT2D eigenvalue weighted by molar-refractivity contribution is 8.14. The molecule has 0 aliphatic carbocycles. The minimum absolute atomic E-state index is 0.0109. The van der Waals surface area contributed by atoms with Gasteiger partial charge in [0.2, 0.25) is 11.8 Å². The quantitative estimate of drug-likeness (QED) is 0.305. The highest BCUT2D eigenvalue weighted by atomic mass is 32.2. The molecule has 1 aliphatic rings. The lowest BCUT2D eigenvalue weighted by Gasteiger charge is -2.15. The molecule has 1 unspecified atom stereocenters. The molecule has 160 valence electrons. The third kappa shape index (κ3) is 5.28. The van der Waals surface area contributed by atoms with Crippen LogP contribution in [0.4, 0.5) is 11.4 Å². The van der Waals surface area contributed by atoms with Crippen LogP contribution in [0.3, 0.4) is 0 Å². The Labute approximate surface area is 183 Å². The SMILES string of the molecule is CN(C)c1ccc(C=NN=C(N)SC2CC(=O)N(c3cccc(C(=O)O)c3)C2=O)cc1. The average molecular weight is 439 g/mol. The van der Waals surface area contributed by atoms with E-state index in [-0.39, 0.29) is 22.8 Å². The highest BCUT2D eigenvalue weighted by Gasteiger charge is 2.40.